The number of nitrogens with one attached hydrogen (secondary N) is 2. The normalized spacial score (nSPS) is 23.4. The lowest BCUT2D eigenvalue weighted by atomic mass is 9.74. The molecule has 36 heavy (non-hydrogen) atoms. The van der Waals surface area contributed by atoms with Crippen molar-refractivity contribution in [1.82, 2.24) is 20.3 Å². The first-order valence-corrected chi connectivity index (χ1v) is 13.1. The summed E-state index contributed by atoms with van der Waals surface area (Å²) in [6.45, 7) is 1.46. The molecule has 1 amide bonds. The Morgan fingerprint density at radius 1 is 1.08 bits per heavy atom. The third kappa shape index (κ3) is 5.52. The van der Waals surface area contributed by atoms with E-state index in [4.69, 9.17) is 16.4 Å². The maximum Gasteiger partial charge on any atom is 0.426 e. The van der Waals surface area contributed by atoms with E-state index in [1.165, 1.54) is 16.5 Å². The second kappa shape index (κ2) is 11.4. The number of hydrogen-bond donors (Lipinski definition) is 2. The summed E-state index contributed by atoms with van der Waals surface area (Å²) >= 11 is 6.22. The summed E-state index contributed by atoms with van der Waals surface area (Å²) in [6, 6.07) is 16.8. The molecule has 1 aliphatic carbocycles. The number of rotatable bonds is 5. The van der Waals surface area contributed by atoms with Crippen molar-refractivity contribution in [2.24, 2.45) is 0 Å². The zero-order chi connectivity index (χ0) is 24.4. The molecule has 0 bridgehead atoms. The number of nitrogens with zero attached hydrogens (tertiary/aromatic N) is 2. The minimum atomic E-state index is -0.329. The highest BCUT2D eigenvalue weighted by Gasteiger charge is 2.39. The molecule has 2 fully saturated rings. The van der Waals surface area contributed by atoms with Gasteiger partial charge < -0.3 is 15.1 Å². The van der Waals surface area contributed by atoms with E-state index in [0.29, 0.717) is 5.92 Å². The highest BCUT2D eigenvalue weighted by atomic mass is 35.5. The lowest BCUT2D eigenvalue weighted by molar-refractivity contribution is -0.115. The van der Waals surface area contributed by atoms with Gasteiger partial charge in [0.25, 0.3) is 0 Å². The van der Waals surface area contributed by atoms with Crippen molar-refractivity contribution in [2.45, 2.75) is 56.0 Å². The Morgan fingerprint density at radius 3 is 2.44 bits per heavy atom. The van der Waals surface area contributed by atoms with Crippen molar-refractivity contribution in [1.29, 1.82) is 0 Å². The molecule has 1 saturated carbocycles. The molecule has 2 aliphatic rings. The number of halogens is 2. The summed E-state index contributed by atoms with van der Waals surface area (Å²) in [6.07, 6.45) is 7.55. The van der Waals surface area contributed by atoms with E-state index in [1.54, 1.807) is 0 Å². The number of benzene rings is 2. The van der Waals surface area contributed by atoms with Crippen LogP contribution >= 0.6 is 24.0 Å². The van der Waals surface area contributed by atoms with Crippen LogP contribution in [0.4, 0.5) is 4.79 Å². The lowest BCUT2D eigenvalue weighted by Gasteiger charge is -2.45. The third-order valence-electron chi connectivity index (χ3n) is 8.08. The lowest BCUT2D eigenvalue weighted by Crippen LogP contribution is -2.49. The Morgan fingerprint density at radius 2 is 1.78 bits per heavy atom. The van der Waals surface area contributed by atoms with Crippen molar-refractivity contribution >= 4 is 41.0 Å². The highest BCUT2D eigenvalue weighted by molar-refractivity contribution is 6.31. The second-order valence-electron chi connectivity index (χ2n) is 10.2. The van der Waals surface area contributed by atoms with Crippen LogP contribution in [0.15, 0.2) is 54.7 Å². The van der Waals surface area contributed by atoms with Gasteiger partial charge in [-0.1, -0.05) is 41.9 Å². The van der Waals surface area contributed by atoms with Crippen LogP contribution in [0.2, 0.25) is 5.02 Å². The molecule has 3 aromatic rings. The summed E-state index contributed by atoms with van der Waals surface area (Å²) in [5.41, 5.74) is 3.79. The fourth-order valence-electron chi connectivity index (χ4n) is 6.00. The number of aromatic nitrogens is 1. The number of aromatic amines is 1. The first-order chi connectivity index (χ1) is 16.9. The molecule has 0 spiro atoms. The van der Waals surface area contributed by atoms with Gasteiger partial charge in [0.15, 0.2) is 0 Å². The monoisotopic (exact) mass is 530 g/mol. The van der Waals surface area contributed by atoms with Gasteiger partial charge in [0.1, 0.15) is 0 Å². The van der Waals surface area contributed by atoms with Crippen LogP contribution in [0.3, 0.4) is 0 Å². The van der Waals surface area contributed by atoms with Crippen molar-refractivity contribution in [3.63, 3.8) is 0 Å². The Labute approximate surface area is 224 Å². The summed E-state index contributed by atoms with van der Waals surface area (Å²) in [7, 11) is 4.31. The molecular weight excluding hydrogens is 495 g/mol. The first-order valence-electron chi connectivity index (χ1n) is 12.7. The standard InChI is InChI=1S/C28H35ClN4O2.ClH/c1-32(2)28(21-6-4-3-5-7-21)14-10-23(11-15-28)31-27(34)35-33-16-12-20(13-17-33)25-19-30-26-9-8-22(29)18-24(25)26;/h3-9,18-20,23,30H,10-17H2,1-2H3,(H,31,34);1H. The molecular formula is C28H36Cl2N4O2. The fourth-order valence-corrected chi connectivity index (χ4v) is 6.17. The number of hydroxylamine groups is 2. The first kappa shape index (κ1) is 26.8. The fraction of sp³-hybridized carbons (Fsp3) is 0.464. The Balaban J connectivity index is 0.00000304. The van der Waals surface area contributed by atoms with Crippen molar-refractivity contribution in [3.8, 4) is 0 Å². The topological polar surface area (TPSA) is 60.6 Å². The number of carbonyl (C=O) groups is 1. The Kier molecular flexibility index (Phi) is 8.51. The van der Waals surface area contributed by atoms with Crippen LogP contribution < -0.4 is 5.32 Å². The van der Waals surface area contributed by atoms with E-state index in [1.807, 2.05) is 23.3 Å². The average Bonchev–Trinajstić information content (AvgIpc) is 3.28. The van der Waals surface area contributed by atoms with Gasteiger partial charge in [0.2, 0.25) is 0 Å². The highest BCUT2D eigenvalue weighted by Crippen LogP contribution is 2.41. The van der Waals surface area contributed by atoms with Gasteiger partial charge in [-0.25, -0.2) is 4.79 Å². The van der Waals surface area contributed by atoms with Gasteiger partial charge >= 0.3 is 6.09 Å². The van der Waals surface area contributed by atoms with Gasteiger partial charge in [-0.2, -0.15) is 0 Å². The zero-order valence-electron chi connectivity index (χ0n) is 21.0. The Bertz CT molecular complexity index is 1150. The SMILES string of the molecule is CN(C)C1(c2ccccc2)CCC(NC(=O)ON2CCC(c3c[nH]c4ccc(Cl)cc34)CC2)CC1.Cl. The molecule has 5 rings (SSSR count). The molecule has 1 aliphatic heterocycles. The van der Waals surface area contributed by atoms with Gasteiger partial charge in [0, 0.05) is 46.8 Å². The number of hydrogen-bond acceptors (Lipinski definition) is 4. The van der Waals surface area contributed by atoms with E-state index >= 15 is 0 Å². The van der Waals surface area contributed by atoms with Crippen LogP contribution in [0.1, 0.15) is 55.6 Å². The number of amides is 1. The van der Waals surface area contributed by atoms with Gasteiger partial charge in [-0.15, -0.1) is 17.5 Å². The van der Waals surface area contributed by atoms with Gasteiger partial charge in [0.05, 0.1) is 0 Å². The van der Waals surface area contributed by atoms with Crippen LogP contribution in [-0.4, -0.2) is 54.3 Å². The van der Waals surface area contributed by atoms with Gasteiger partial charge in [-0.3, -0.25) is 4.90 Å². The van der Waals surface area contributed by atoms with Crippen LogP contribution in [-0.2, 0) is 10.4 Å². The molecule has 0 radical (unpaired) electrons. The molecule has 2 aromatic carbocycles. The molecule has 194 valence electrons. The summed E-state index contributed by atoms with van der Waals surface area (Å²) in [5.74, 6) is 0.431. The smallest absolute Gasteiger partial charge is 0.361 e. The van der Waals surface area contributed by atoms with Crippen LogP contribution in [0.25, 0.3) is 10.9 Å². The van der Waals surface area contributed by atoms with E-state index < -0.39 is 0 Å². The maximum absolute atomic E-state index is 12.7. The maximum atomic E-state index is 12.7. The zero-order valence-corrected chi connectivity index (χ0v) is 22.6. The molecule has 1 aromatic heterocycles. The van der Waals surface area contributed by atoms with E-state index in [-0.39, 0.29) is 30.1 Å². The second-order valence-corrected chi connectivity index (χ2v) is 10.7. The minimum absolute atomic E-state index is 0. The number of H-pyrrole nitrogens is 1. The molecule has 0 unspecified atom stereocenters. The number of carbonyl (C=O) groups excluding carboxylic acids is 1. The van der Waals surface area contributed by atoms with Crippen LogP contribution in [0, 0.1) is 0 Å². The Hall–Kier alpha value is -2.25. The minimum Gasteiger partial charge on any atom is -0.361 e. The van der Waals surface area contributed by atoms with Crippen molar-refractivity contribution in [3.05, 3.63) is 70.9 Å². The average molecular weight is 532 g/mol. The van der Waals surface area contributed by atoms with Crippen molar-refractivity contribution in [2.75, 3.05) is 27.2 Å². The summed E-state index contributed by atoms with van der Waals surface area (Å²) in [5, 5.41) is 6.88. The quantitative estimate of drug-likeness (QED) is 0.397. The molecule has 6 nitrogen and oxygen atoms in total. The van der Waals surface area contributed by atoms with Crippen molar-refractivity contribution < 1.29 is 9.63 Å². The van der Waals surface area contributed by atoms with Crippen LogP contribution in [0.5, 0.6) is 0 Å². The molecule has 0 atom stereocenters. The molecule has 8 heteroatoms. The largest absolute Gasteiger partial charge is 0.426 e. The predicted molar refractivity (Wildman–Crippen MR) is 148 cm³/mol. The molecule has 2 N–H and O–H groups in total. The third-order valence-corrected chi connectivity index (χ3v) is 8.32. The van der Waals surface area contributed by atoms with E-state index in [9.17, 15) is 4.79 Å². The summed E-state index contributed by atoms with van der Waals surface area (Å²) < 4.78 is 0. The van der Waals surface area contributed by atoms with E-state index in [2.05, 4.69) is 65.8 Å². The van der Waals surface area contributed by atoms with Gasteiger partial charge in [-0.05, 0) is 87.9 Å². The number of piperidine rings is 1. The predicted octanol–water partition coefficient (Wildman–Crippen LogP) is 6.46. The number of fused-ring (bicyclic) bond motifs is 1. The molecule has 1 saturated heterocycles. The molecule has 2 heterocycles. The summed E-state index contributed by atoms with van der Waals surface area (Å²) in [4.78, 5) is 24.0. The van der Waals surface area contributed by atoms with E-state index in [0.717, 1.165) is 62.2 Å².